The molecule has 0 radical (unpaired) electrons. The summed E-state index contributed by atoms with van der Waals surface area (Å²) in [5.41, 5.74) is 0. The summed E-state index contributed by atoms with van der Waals surface area (Å²) in [5.74, 6) is -4.25. The first-order chi connectivity index (χ1) is 12.1. The zero-order valence-electron chi connectivity index (χ0n) is 14.9. The summed E-state index contributed by atoms with van der Waals surface area (Å²) in [6, 6.07) is 0. The minimum Gasteiger partial charge on any atom is -0.467 e. The zero-order chi connectivity index (χ0) is 20.0. The Morgan fingerprint density at radius 2 is 1.08 bits per heavy atom. The van der Waals surface area contributed by atoms with Crippen LogP contribution >= 0.6 is 0 Å². The molecule has 1 heterocycles. The molecule has 1 saturated heterocycles. The molecule has 0 bridgehead atoms. The zero-order valence-corrected chi connectivity index (χ0v) is 14.9. The van der Waals surface area contributed by atoms with Gasteiger partial charge in [-0.3, -0.25) is 19.2 Å². The molecule has 0 aliphatic carbocycles. The van der Waals surface area contributed by atoms with Crippen molar-refractivity contribution in [3.63, 3.8) is 0 Å². The van der Waals surface area contributed by atoms with E-state index in [2.05, 4.69) is 4.74 Å². The third-order valence-electron chi connectivity index (χ3n) is 3.12. The van der Waals surface area contributed by atoms with Gasteiger partial charge in [-0.25, -0.2) is 4.79 Å². The van der Waals surface area contributed by atoms with Gasteiger partial charge in [0.15, 0.2) is 18.3 Å². The lowest BCUT2D eigenvalue weighted by Crippen LogP contribution is -2.64. The van der Waals surface area contributed by atoms with Gasteiger partial charge in [-0.15, -0.1) is 0 Å². The molecule has 0 saturated carbocycles. The van der Waals surface area contributed by atoms with Crippen LogP contribution in [0.15, 0.2) is 0 Å². The molecule has 0 spiro atoms. The quantitative estimate of drug-likeness (QED) is 0.441. The van der Waals surface area contributed by atoms with Crippen LogP contribution in [0.1, 0.15) is 27.7 Å². The average Bonchev–Trinajstić information content (AvgIpc) is 2.50. The van der Waals surface area contributed by atoms with Crippen LogP contribution in [0.25, 0.3) is 0 Å². The summed E-state index contributed by atoms with van der Waals surface area (Å²) < 4.78 is 30.0. The normalized spacial score (nSPS) is 27.7. The molecule has 1 aliphatic heterocycles. The lowest BCUT2D eigenvalue weighted by atomic mass is 9.97. The van der Waals surface area contributed by atoms with Gasteiger partial charge in [0, 0.05) is 27.7 Å². The minimum absolute atomic E-state index is 0.814. The molecule has 0 aromatic carbocycles. The molecular weight excluding hydrogens is 356 g/mol. The van der Waals surface area contributed by atoms with E-state index in [0.29, 0.717) is 0 Å². The van der Waals surface area contributed by atoms with Gasteiger partial charge in [-0.2, -0.15) is 0 Å². The second-order valence-electron chi connectivity index (χ2n) is 5.28. The Morgan fingerprint density at radius 3 is 1.50 bits per heavy atom. The molecule has 4 unspecified atom stereocenters. The van der Waals surface area contributed by atoms with Gasteiger partial charge in [0.1, 0.15) is 0 Å². The van der Waals surface area contributed by atoms with Crippen LogP contribution < -0.4 is 0 Å². The van der Waals surface area contributed by atoms with Gasteiger partial charge in [0.2, 0.25) is 12.4 Å². The van der Waals surface area contributed by atoms with Gasteiger partial charge < -0.3 is 28.4 Å². The summed E-state index contributed by atoms with van der Waals surface area (Å²) in [6.45, 7) is 4.22. The van der Waals surface area contributed by atoms with E-state index in [-0.39, 0.29) is 0 Å². The van der Waals surface area contributed by atoms with Crippen molar-refractivity contribution in [3.8, 4) is 0 Å². The number of ether oxygens (including phenoxy) is 6. The number of carbonyl (C=O) groups is 5. The summed E-state index contributed by atoms with van der Waals surface area (Å²) in [4.78, 5) is 57.7. The fourth-order valence-electron chi connectivity index (χ4n) is 2.34. The van der Waals surface area contributed by atoms with Crippen LogP contribution in [0.2, 0.25) is 0 Å². The summed E-state index contributed by atoms with van der Waals surface area (Å²) in [5, 5.41) is 0. The SMILES string of the molecule is COC(=O)C1OC(OC(C)=O)C(OC(C)=O)C(OC(C)=O)[C@@H]1OC(C)=O. The molecule has 0 aromatic rings. The van der Waals surface area contributed by atoms with Crippen molar-refractivity contribution in [3.05, 3.63) is 0 Å². The van der Waals surface area contributed by atoms with E-state index in [4.69, 9.17) is 23.7 Å². The van der Waals surface area contributed by atoms with Crippen LogP contribution in [0, 0.1) is 0 Å². The topological polar surface area (TPSA) is 141 Å². The molecule has 11 nitrogen and oxygen atoms in total. The Bertz CT molecular complexity index is 584. The number of carbonyl (C=O) groups excluding carboxylic acids is 5. The third-order valence-corrected chi connectivity index (χ3v) is 3.12. The van der Waals surface area contributed by atoms with Gasteiger partial charge in [0.05, 0.1) is 7.11 Å². The molecule has 5 atom stereocenters. The van der Waals surface area contributed by atoms with Gasteiger partial charge in [-0.1, -0.05) is 0 Å². The van der Waals surface area contributed by atoms with Gasteiger partial charge in [0.25, 0.3) is 0 Å². The smallest absolute Gasteiger partial charge is 0.339 e. The number of hydrogen-bond acceptors (Lipinski definition) is 11. The van der Waals surface area contributed by atoms with Crippen molar-refractivity contribution in [2.24, 2.45) is 0 Å². The van der Waals surface area contributed by atoms with Crippen molar-refractivity contribution in [2.75, 3.05) is 7.11 Å². The molecule has 1 fully saturated rings. The Labute approximate surface area is 148 Å². The van der Waals surface area contributed by atoms with Crippen LogP contribution in [-0.4, -0.2) is 67.7 Å². The summed E-state index contributed by atoms with van der Waals surface area (Å²) in [7, 11) is 1.05. The highest BCUT2D eigenvalue weighted by atomic mass is 16.7. The summed E-state index contributed by atoms with van der Waals surface area (Å²) >= 11 is 0. The Balaban J connectivity index is 3.37. The lowest BCUT2D eigenvalue weighted by Gasteiger charge is -2.42. The Hall–Kier alpha value is -2.69. The molecular formula is C15H20O11. The largest absolute Gasteiger partial charge is 0.467 e. The fraction of sp³-hybridized carbons (Fsp3) is 0.667. The first kappa shape index (κ1) is 21.4. The maximum Gasteiger partial charge on any atom is 0.339 e. The van der Waals surface area contributed by atoms with E-state index < -0.39 is 60.6 Å². The highest BCUT2D eigenvalue weighted by Gasteiger charge is 2.56. The number of esters is 5. The van der Waals surface area contributed by atoms with E-state index >= 15 is 0 Å². The lowest BCUT2D eigenvalue weighted by molar-refractivity contribution is -0.294. The van der Waals surface area contributed by atoms with E-state index in [0.717, 1.165) is 34.8 Å². The van der Waals surface area contributed by atoms with Crippen LogP contribution in [0.3, 0.4) is 0 Å². The number of rotatable bonds is 5. The molecule has 11 heteroatoms. The minimum atomic E-state index is -1.60. The predicted molar refractivity (Wildman–Crippen MR) is 79.1 cm³/mol. The first-order valence-corrected chi connectivity index (χ1v) is 7.49. The number of hydrogen-bond donors (Lipinski definition) is 0. The fourth-order valence-corrected chi connectivity index (χ4v) is 2.34. The Kier molecular flexibility index (Phi) is 7.50. The summed E-state index contributed by atoms with van der Waals surface area (Å²) in [6.07, 6.45) is -7.66. The average molecular weight is 376 g/mol. The number of methoxy groups -OCH3 is 1. The Morgan fingerprint density at radius 1 is 0.654 bits per heavy atom. The van der Waals surface area contributed by atoms with E-state index in [1.165, 1.54) is 0 Å². The van der Waals surface area contributed by atoms with Crippen LogP contribution in [0.4, 0.5) is 0 Å². The van der Waals surface area contributed by atoms with Crippen molar-refractivity contribution < 1.29 is 52.4 Å². The van der Waals surface area contributed by atoms with Gasteiger partial charge in [-0.05, 0) is 0 Å². The molecule has 146 valence electrons. The highest BCUT2D eigenvalue weighted by Crippen LogP contribution is 2.30. The molecule has 26 heavy (non-hydrogen) atoms. The molecule has 1 aliphatic rings. The van der Waals surface area contributed by atoms with Crippen LogP contribution in [-0.2, 0) is 52.4 Å². The maximum atomic E-state index is 12.0. The van der Waals surface area contributed by atoms with Gasteiger partial charge >= 0.3 is 29.8 Å². The monoisotopic (exact) mass is 376 g/mol. The van der Waals surface area contributed by atoms with Crippen molar-refractivity contribution in [2.45, 2.75) is 58.4 Å². The maximum absolute atomic E-state index is 12.0. The second-order valence-corrected chi connectivity index (χ2v) is 5.28. The first-order valence-electron chi connectivity index (χ1n) is 7.49. The van der Waals surface area contributed by atoms with E-state index in [9.17, 15) is 24.0 Å². The highest BCUT2D eigenvalue weighted by molar-refractivity contribution is 5.77. The van der Waals surface area contributed by atoms with Crippen molar-refractivity contribution in [1.82, 2.24) is 0 Å². The van der Waals surface area contributed by atoms with E-state index in [1.54, 1.807) is 0 Å². The molecule has 1 rings (SSSR count). The van der Waals surface area contributed by atoms with Crippen molar-refractivity contribution >= 4 is 29.8 Å². The standard InChI is InChI=1S/C15H20O11/c1-6(16)22-10-11(23-7(2)17)13(24-8(3)18)15(25-9(4)19)26-12(10)14(20)21-5/h10-13,15H,1-5H3/t10-,11?,12?,13?,15?/m0/s1. The second kappa shape index (κ2) is 9.13. The van der Waals surface area contributed by atoms with E-state index in [1.807, 2.05) is 0 Å². The third kappa shape index (κ3) is 5.69. The molecule has 0 N–H and O–H groups in total. The predicted octanol–water partition coefficient (Wildman–Crippen LogP) is -0.757. The van der Waals surface area contributed by atoms with Crippen molar-refractivity contribution in [1.29, 1.82) is 0 Å². The molecule has 0 aromatic heterocycles. The molecule has 0 amide bonds. The van der Waals surface area contributed by atoms with Crippen LogP contribution in [0.5, 0.6) is 0 Å².